The van der Waals surface area contributed by atoms with Crippen LogP contribution >= 0.6 is 0 Å². The molecule has 4 aliphatic heterocycles. The third-order valence-corrected chi connectivity index (χ3v) is 10.2. The largest absolute Gasteiger partial charge is 0.493 e. The van der Waals surface area contributed by atoms with Gasteiger partial charge in [-0.2, -0.15) is 0 Å². The third kappa shape index (κ3) is 7.00. The normalized spacial score (nSPS) is 21.6. The van der Waals surface area contributed by atoms with Crippen LogP contribution in [0.3, 0.4) is 0 Å². The maximum Gasteiger partial charge on any atom is 0.261 e. The van der Waals surface area contributed by atoms with Crippen molar-refractivity contribution in [1.29, 1.82) is 0 Å². The molecule has 0 radical (unpaired) electrons. The average molecular weight is 639 g/mol. The fraction of sp³-hybridized carbons (Fsp3) is 0.588. The molecule has 46 heavy (non-hydrogen) atoms. The highest BCUT2D eigenvalue weighted by atomic mass is 19.1. The Morgan fingerprint density at radius 2 is 1.67 bits per heavy atom. The van der Waals surface area contributed by atoms with Gasteiger partial charge in [0.05, 0.1) is 23.9 Å². The van der Waals surface area contributed by atoms with E-state index < -0.39 is 11.4 Å². The van der Waals surface area contributed by atoms with Crippen LogP contribution in [0.1, 0.15) is 44.3 Å². The van der Waals surface area contributed by atoms with E-state index in [9.17, 15) is 13.6 Å². The molecule has 5 heterocycles. The predicted octanol–water partition coefficient (Wildman–Crippen LogP) is 3.92. The number of benzene rings is 2. The second-order valence-corrected chi connectivity index (χ2v) is 13.3. The summed E-state index contributed by atoms with van der Waals surface area (Å²) in [5, 5.41) is -0.0636. The number of anilines is 2. The fourth-order valence-corrected chi connectivity index (χ4v) is 7.41. The number of hydrogen-bond acceptors (Lipinski definition) is 9. The van der Waals surface area contributed by atoms with E-state index in [4.69, 9.17) is 19.9 Å². The number of ether oxygens (including phenoxy) is 3. The molecule has 12 heteroatoms. The Kier molecular flexibility index (Phi) is 9.39. The molecular formula is C34H44F2N6O4. The summed E-state index contributed by atoms with van der Waals surface area (Å²) in [4.78, 5) is 27.1. The van der Waals surface area contributed by atoms with Crippen LogP contribution in [-0.4, -0.2) is 97.0 Å². The highest BCUT2D eigenvalue weighted by Gasteiger charge is 2.38. The molecular weight excluding hydrogens is 594 g/mol. The van der Waals surface area contributed by atoms with Crippen molar-refractivity contribution in [1.82, 2.24) is 19.8 Å². The van der Waals surface area contributed by atoms with Crippen LogP contribution in [0.25, 0.3) is 10.9 Å². The van der Waals surface area contributed by atoms with Crippen molar-refractivity contribution in [2.75, 3.05) is 69.7 Å². The predicted molar refractivity (Wildman–Crippen MR) is 172 cm³/mol. The SMILES string of the molecule is Nc1ccc(N2CCC(N3CC(N4CCC(COc5cc(F)c6c(=O)[nH]c(COC7CCOCC7)nc6c5)CC4)C3)CC2)c(F)c1. The van der Waals surface area contributed by atoms with Gasteiger partial charge in [-0.25, -0.2) is 13.8 Å². The zero-order valence-electron chi connectivity index (χ0n) is 26.3. The molecule has 3 aromatic rings. The molecule has 10 nitrogen and oxygen atoms in total. The molecule has 0 amide bonds. The smallest absolute Gasteiger partial charge is 0.261 e. The standard InChI is InChI=1S/C34H44F2N6O4/c35-28-15-23(37)1-2-31(28)41-11-5-24(6-12-41)42-18-25(19-42)40-9-3-22(4-10-40)20-45-27-16-29(36)33-30(17-27)38-32(39-34(33)43)21-46-26-7-13-44-14-8-26/h1-2,15-17,22,24-26H,3-14,18-21,37H2,(H,38,39,43). The zero-order chi connectivity index (χ0) is 31.6. The first kappa shape index (κ1) is 31.3. The molecule has 4 aliphatic rings. The van der Waals surface area contributed by atoms with Crippen LogP contribution in [0.2, 0.25) is 0 Å². The van der Waals surface area contributed by atoms with Crippen LogP contribution in [-0.2, 0) is 16.1 Å². The Bertz CT molecular complexity index is 1560. The molecule has 0 atom stereocenters. The first-order valence-corrected chi connectivity index (χ1v) is 16.7. The molecule has 2 aromatic carbocycles. The number of piperidine rings is 2. The lowest BCUT2D eigenvalue weighted by Crippen LogP contribution is -2.64. The Balaban J connectivity index is 0.853. The maximum absolute atomic E-state index is 14.9. The van der Waals surface area contributed by atoms with E-state index in [0.717, 1.165) is 77.8 Å². The van der Waals surface area contributed by atoms with Gasteiger partial charge in [0.2, 0.25) is 0 Å². The number of nitrogen functional groups attached to an aromatic ring is 1. The zero-order valence-corrected chi connectivity index (χ0v) is 26.3. The Morgan fingerprint density at radius 1 is 0.913 bits per heavy atom. The van der Waals surface area contributed by atoms with E-state index in [2.05, 4.69) is 24.7 Å². The third-order valence-electron chi connectivity index (χ3n) is 10.2. The molecule has 0 saturated carbocycles. The van der Waals surface area contributed by atoms with Crippen LogP contribution in [0.15, 0.2) is 35.1 Å². The Labute approximate surface area is 267 Å². The van der Waals surface area contributed by atoms with Gasteiger partial charge in [-0.3, -0.25) is 14.6 Å². The van der Waals surface area contributed by atoms with Crippen molar-refractivity contribution >= 4 is 22.3 Å². The lowest BCUT2D eigenvalue weighted by molar-refractivity contribution is -0.0408. The number of nitrogens with zero attached hydrogens (tertiary/aromatic N) is 4. The van der Waals surface area contributed by atoms with Crippen molar-refractivity contribution in [2.45, 2.75) is 63.3 Å². The van der Waals surface area contributed by atoms with Gasteiger partial charge in [0, 0.05) is 69.3 Å². The van der Waals surface area contributed by atoms with Crippen molar-refractivity contribution in [3.8, 4) is 5.75 Å². The maximum atomic E-state index is 14.9. The quantitative estimate of drug-likeness (QED) is 0.337. The molecule has 0 spiro atoms. The van der Waals surface area contributed by atoms with Crippen molar-refractivity contribution in [3.05, 3.63) is 58.1 Å². The molecule has 0 aliphatic carbocycles. The minimum absolute atomic E-state index is 0.0636. The lowest BCUT2D eigenvalue weighted by Gasteiger charge is -2.52. The minimum atomic E-state index is -0.634. The number of fused-ring (bicyclic) bond motifs is 1. The number of rotatable bonds is 9. The first-order chi connectivity index (χ1) is 22.4. The lowest BCUT2D eigenvalue weighted by atomic mass is 9.92. The van der Waals surface area contributed by atoms with Crippen LogP contribution in [0, 0.1) is 17.6 Å². The van der Waals surface area contributed by atoms with E-state index in [1.54, 1.807) is 18.2 Å². The second kappa shape index (κ2) is 13.8. The van der Waals surface area contributed by atoms with E-state index in [1.165, 1.54) is 12.1 Å². The van der Waals surface area contributed by atoms with Gasteiger partial charge in [-0.1, -0.05) is 0 Å². The summed E-state index contributed by atoms with van der Waals surface area (Å²) >= 11 is 0. The first-order valence-electron chi connectivity index (χ1n) is 16.7. The summed E-state index contributed by atoms with van der Waals surface area (Å²) in [6.45, 7) is 7.94. The number of halogens is 2. The van der Waals surface area contributed by atoms with Crippen LogP contribution in [0.5, 0.6) is 5.75 Å². The molecule has 1 aromatic heterocycles. The summed E-state index contributed by atoms with van der Waals surface area (Å²) < 4.78 is 46.6. The van der Waals surface area contributed by atoms with Crippen LogP contribution in [0.4, 0.5) is 20.2 Å². The molecule has 4 fully saturated rings. The molecule has 3 N–H and O–H groups in total. The van der Waals surface area contributed by atoms with Gasteiger partial charge in [0.15, 0.2) is 0 Å². The molecule has 4 saturated heterocycles. The number of likely N-dealkylation sites (tertiary alicyclic amines) is 2. The summed E-state index contributed by atoms with van der Waals surface area (Å²) in [6, 6.07) is 9.04. The van der Waals surface area contributed by atoms with Gasteiger partial charge >= 0.3 is 0 Å². The fourth-order valence-electron chi connectivity index (χ4n) is 7.41. The second-order valence-electron chi connectivity index (χ2n) is 13.3. The number of hydrogen-bond donors (Lipinski definition) is 2. The van der Waals surface area contributed by atoms with Gasteiger partial charge in [-0.15, -0.1) is 0 Å². The van der Waals surface area contributed by atoms with Gasteiger partial charge in [-0.05, 0) is 75.7 Å². The van der Waals surface area contributed by atoms with Gasteiger partial charge in [0.25, 0.3) is 5.56 Å². The highest BCUT2D eigenvalue weighted by molar-refractivity contribution is 5.79. The van der Waals surface area contributed by atoms with Crippen molar-refractivity contribution in [2.24, 2.45) is 5.92 Å². The van der Waals surface area contributed by atoms with E-state index in [0.29, 0.717) is 60.8 Å². The molecule has 0 bridgehead atoms. The molecule has 248 valence electrons. The number of nitrogens with two attached hydrogens (primary N) is 1. The summed E-state index contributed by atoms with van der Waals surface area (Å²) in [6.07, 6.45) is 5.82. The summed E-state index contributed by atoms with van der Waals surface area (Å²) in [7, 11) is 0. The van der Waals surface area contributed by atoms with E-state index in [1.807, 2.05) is 0 Å². The van der Waals surface area contributed by atoms with Gasteiger partial charge in [0.1, 0.15) is 35.2 Å². The van der Waals surface area contributed by atoms with E-state index >= 15 is 0 Å². The number of H-pyrrole nitrogens is 1. The Morgan fingerprint density at radius 3 is 2.41 bits per heavy atom. The summed E-state index contributed by atoms with van der Waals surface area (Å²) in [5.74, 6) is 0.282. The number of aromatic amines is 1. The number of aromatic nitrogens is 2. The minimum Gasteiger partial charge on any atom is -0.493 e. The van der Waals surface area contributed by atoms with Gasteiger partial charge < -0.3 is 29.8 Å². The Hall–Kier alpha value is -3.32. The molecule has 7 rings (SSSR count). The van der Waals surface area contributed by atoms with Crippen molar-refractivity contribution in [3.63, 3.8) is 0 Å². The topological polar surface area (TPSA) is 109 Å². The molecule has 0 unspecified atom stereocenters. The van der Waals surface area contributed by atoms with Crippen molar-refractivity contribution < 1.29 is 23.0 Å². The summed E-state index contributed by atoms with van der Waals surface area (Å²) in [5.41, 5.74) is 6.59. The monoisotopic (exact) mass is 638 g/mol. The van der Waals surface area contributed by atoms with Crippen LogP contribution < -0.4 is 20.9 Å². The number of nitrogens with one attached hydrogen (secondary N) is 1. The average Bonchev–Trinajstić information content (AvgIpc) is 3.03. The van der Waals surface area contributed by atoms with E-state index in [-0.39, 0.29) is 29.4 Å². The highest BCUT2D eigenvalue weighted by Crippen LogP contribution is 2.31.